The van der Waals surface area contributed by atoms with Crippen LogP contribution in [0.4, 0.5) is 14.9 Å². The van der Waals surface area contributed by atoms with E-state index < -0.39 is 0 Å². The van der Waals surface area contributed by atoms with E-state index in [4.69, 9.17) is 0 Å². The second kappa shape index (κ2) is 9.19. The normalized spacial score (nSPS) is 13.9. The summed E-state index contributed by atoms with van der Waals surface area (Å²) in [7, 11) is 1.78. The number of benzene rings is 2. The lowest BCUT2D eigenvalue weighted by atomic mass is 10.1. The molecule has 7 nitrogen and oxygen atoms in total. The Labute approximate surface area is 187 Å². The molecule has 1 fully saturated rings. The summed E-state index contributed by atoms with van der Waals surface area (Å²) in [6.45, 7) is 0.214. The average molecular weight is 450 g/mol. The Morgan fingerprint density at radius 1 is 1.16 bits per heavy atom. The largest absolute Gasteiger partial charge is 0.323 e. The number of nitrogens with one attached hydrogen (secondary N) is 1. The summed E-state index contributed by atoms with van der Waals surface area (Å²) in [5.74, 6) is -0.666. The fourth-order valence-corrected chi connectivity index (χ4v) is 4.02. The maximum Gasteiger partial charge on any atom is 0.289 e. The number of carbonyl (C=O) groups is 3. The third-order valence-corrected chi connectivity index (χ3v) is 5.76. The SMILES string of the molecule is Cn1ncc(/C=C/C(=O)Nc2ccc(CN3C(=O)CSC3=O)cc2)c1-c1ccc(F)cc1. The van der Waals surface area contributed by atoms with Crippen molar-refractivity contribution < 1.29 is 18.8 Å². The molecule has 3 aromatic rings. The van der Waals surface area contributed by atoms with Crippen LogP contribution in [0.25, 0.3) is 17.3 Å². The number of carbonyl (C=O) groups excluding carboxylic acids is 3. The van der Waals surface area contributed by atoms with Crippen LogP contribution in [-0.4, -0.2) is 37.5 Å². The molecular weight excluding hydrogens is 431 g/mol. The maximum atomic E-state index is 13.2. The van der Waals surface area contributed by atoms with E-state index in [2.05, 4.69) is 10.4 Å². The van der Waals surface area contributed by atoms with Crippen LogP contribution in [0.15, 0.2) is 60.8 Å². The van der Waals surface area contributed by atoms with Gasteiger partial charge in [-0.2, -0.15) is 5.10 Å². The molecule has 2 aromatic carbocycles. The molecule has 0 unspecified atom stereocenters. The van der Waals surface area contributed by atoms with Gasteiger partial charge in [-0.1, -0.05) is 23.9 Å². The second-order valence-corrected chi connectivity index (χ2v) is 8.06. The third-order valence-electron chi connectivity index (χ3n) is 4.90. The summed E-state index contributed by atoms with van der Waals surface area (Å²) >= 11 is 1.000. The summed E-state index contributed by atoms with van der Waals surface area (Å²) in [6, 6.07) is 13.0. The van der Waals surface area contributed by atoms with Gasteiger partial charge in [0.1, 0.15) is 5.82 Å². The zero-order chi connectivity index (χ0) is 22.7. The van der Waals surface area contributed by atoms with Crippen molar-refractivity contribution in [2.24, 2.45) is 7.05 Å². The lowest BCUT2D eigenvalue weighted by Crippen LogP contribution is -2.27. The Bertz CT molecular complexity index is 1190. The van der Waals surface area contributed by atoms with Crippen molar-refractivity contribution >= 4 is 40.6 Å². The van der Waals surface area contributed by atoms with E-state index in [1.54, 1.807) is 60.4 Å². The number of halogens is 1. The number of anilines is 1. The Morgan fingerprint density at radius 3 is 2.53 bits per heavy atom. The third kappa shape index (κ3) is 4.78. The van der Waals surface area contributed by atoms with Crippen LogP contribution in [-0.2, 0) is 23.2 Å². The zero-order valence-electron chi connectivity index (χ0n) is 17.1. The number of aryl methyl sites for hydroxylation is 1. The van der Waals surface area contributed by atoms with E-state index in [-0.39, 0.29) is 35.2 Å². The molecule has 0 aliphatic carbocycles. The molecule has 2 heterocycles. The van der Waals surface area contributed by atoms with Crippen LogP contribution < -0.4 is 5.32 Å². The summed E-state index contributed by atoms with van der Waals surface area (Å²) in [5.41, 5.74) is 3.66. The van der Waals surface area contributed by atoms with Crippen LogP contribution in [0, 0.1) is 5.82 Å². The zero-order valence-corrected chi connectivity index (χ0v) is 17.9. The van der Waals surface area contributed by atoms with Crippen molar-refractivity contribution in [1.82, 2.24) is 14.7 Å². The number of hydrogen-bond donors (Lipinski definition) is 1. The van der Waals surface area contributed by atoms with Crippen molar-refractivity contribution in [3.63, 3.8) is 0 Å². The highest BCUT2D eigenvalue weighted by atomic mass is 32.2. The van der Waals surface area contributed by atoms with Gasteiger partial charge >= 0.3 is 0 Å². The van der Waals surface area contributed by atoms with E-state index in [0.29, 0.717) is 5.69 Å². The maximum absolute atomic E-state index is 13.2. The second-order valence-electron chi connectivity index (χ2n) is 7.13. The highest BCUT2D eigenvalue weighted by Crippen LogP contribution is 2.25. The summed E-state index contributed by atoms with van der Waals surface area (Å²) in [5, 5.41) is 6.75. The standard InChI is InChI=1S/C23H19FN4O3S/c1-27-22(16-4-7-18(24)8-5-16)17(12-25-27)6-11-20(29)26-19-9-2-15(3-10-19)13-28-21(30)14-32-23(28)31/h2-12H,13-14H2,1H3,(H,26,29)/b11-6+. The van der Waals surface area contributed by atoms with Crippen LogP contribution in [0.2, 0.25) is 0 Å². The molecule has 0 saturated carbocycles. The Morgan fingerprint density at radius 2 is 1.88 bits per heavy atom. The number of rotatable bonds is 6. The number of thioether (sulfide) groups is 1. The molecule has 0 atom stereocenters. The van der Waals surface area contributed by atoms with Crippen molar-refractivity contribution in [3.8, 4) is 11.3 Å². The molecule has 162 valence electrons. The number of amides is 3. The molecule has 0 bridgehead atoms. The molecule has 1 aliphatic rings. The van der Waals surface area contributed by atoms with Gasteiger partial charge in [-0.3, -0.25) is 24.0 Å². The van der Waals surface area contributed by atoms with Crippen molar-refractivity contribution in [1.29, 1.82) is 0 Å². The molecule has 32 heavy (non-hydrogen) atoms. The minimum absolute atomic E-state index is 0.180. The van der Waals surface area contributed by atoms with Crippen LogP contribution in [0.1, 0.15) is 11.1 Å². The quantitative estimate of drug-likeness (QED) is 0.573. The summed E-state index contributed by atoms with van der Waals surface area (Å²) in [4.78, 5) is 37.0. The number of nitrogens with zero attached hydrogens (tertiary/aromatic N) is 3. The minimum atomic E-state index is -0.326. The fourth-order valence-electron chi connectivity index (χ4n) is 3.30. The monoisotopic (exact) mass is 450 g/mol. The summed E-state index contributed by atoms with van der Waals surface area (Å²) < 4.78 is 14.9. The summed E-state index contributed by atoms with van der Waals surface area (Å²) in [6.07, 6.45) is 4.69. The van der Waals surface area contributed by atoms with Gasteiger partial charge in [0.25, 0.3) is 5.24 Å². The first-order valence-corrected chi connectivity index (χ1v) is 10.7. The molecule has 1 aliphatic heterocycles. The van der Waals surface area contributed by atoms with Crippen LogP contribution in [0.3, 0.4) is 0 Å². The van der Waals surface area contributed by atoms with E-state index in [0.717, 1.165) is 34.1 Å². The van der Waals surface area contributed by atoms with E-state index in [1.807, 2.05) is 0 Å². The number of imide groups is 1. The lowest BCUT2D eigenvalue weighted by Gasteiger charge is -2.13. The molecule has 0 radical (unpaired) electrons. The van der Waals surface area contributed by atoms with Crippen molar-refractivity contribution in [2.75, 3.05) is 11.1 Å². The number of hydrogen-bond acceptors (Lipinski definition) is 5. The van der Waals surface area contributed by atoms with Gasteiger partial charge in [0.15, 0.2) is 0 Å². The van der Waals surface area contributed by atoms with Gasteiger partial charge < -0.3 is 5.32 Å². The first-order chi connectivity index (χ1) is 15.4. The Balaban J connectivity index is 1.40. The van der Waals surface area contributed by atoms with Crippen LogP contribution >= 0.6 is 11.8 Å². The van der Waals surface area contributed by atoms with Crippen LogP contribution in [0.5, 0.6) is 0 Å². The van der Waals surface area contributed by atoms with Gasteiger partial charge in [-0.25, -0.2) is 4.39 Å². The van der Waals surface area contributed by atoms with E-state index in [9.17, 15) is 18.8 Å². The fraction of sp³-hybridized carbons (Fsp3) is 0.130. The van der Waals surface area contributed by atoms with Crippen molar-refractivity contribution in [3.05, 3.63) is 77.7 Å². The first-order valence-electron chi connectivity index (χ1n) is 9.74. The smallest absolute Gasteiger partial charge is 0.289 e. The first kappa shape index (κ1) is 21.5. The molecule has 9 heteroatoms. The van der Waals surface area contributed by atoms with Gasteiger partial charge in [-0.15, -0.1) is 0 Å². The van der Waals surface area contributed by atoms with E-state index >= 15 is 0 Å². The van der Waals surface area contributed by atoms with Gasteiger partial charge in [-0.05, 0) is 48.0 Å². The Hall–Kier alpha value is -3.72. The molecule has 3 amide bonds. The van der Waals surface area contributed by atoms with E-state index in [1.165, 1.54) is 23.1 Å². The van der Waals surface area contributed by atoms with Gasteiger partial charge in [0.05, 0.1) is 24.2 Å². The highest BCUT2D eigenvalue weighted by molar-refractivity contribution is 8.14. The van der Waals surface area contributed by atoms with Gasteiger partial charge in [0.2, 0.25) is 11.8 Å². The topological polar surface area (TPSA) is 84.3 Å². The predicted molar refractivity (Wildman–Crippen MR) is 121 cm³/mol. The van der Waals surface area contributed by atoms with Gasteiger partial charge in [0, 0.05) is 29.9 Å². The molecule has 0 spiro atoms. The lowest BCUT2D eigenvalue weighted by molar-refractivity contribution is -0.125. The Kier molecular flexibility index (Phi) is 6.18. The highest BCUT2D eigenvalue weighted by Gasteiger charge is 2.29. The molecule has 1 aromatic heterocycles. The number of aromatic nitrogens is 2. The average Bonchev–Trinajstić information content (AvgIpc) is 3.31. The molecule has 4 rings (SSSR count). The molecular formula is C23H19FN4O3S. The van der Waals surface area contributed by atoms with Crippen molar-refractivity contribution in [2.45, 2.75) is 6.54 Å². The predicted octanol–water partition coefficient (Wildman–Crippen LogP) is 4.07. The molecule has 1 saturated heterocycles. The molecule has 1 N–H and O–H groups in total. The minimum Gasteiger partial charge on any atom is -0.323 e.